The van der Waals surface area contributed by atoms with Gasteiger partial charge >= 0.3 is 0 Å². The average Bonchev–Trinajstić information content (AvgIpc) is 3.36. The van der Waals surface area contributed by atoms with E-state index in [2.05, 4.69) is 0 Å². The maximum absolute atomic E-state index is 13.4. The molecule has 1 N–H and O–H groups in total. The van der Waals surface area contributed by atoms with Crippen molar-refractivity contribution in [2.45, 2.75) is 18.6 Å². The summed E-state index contributed by atoms with van der Waals surface area (Å²) >= 11 is 12.1. The normalized spacial score (nSPS) is 18.6. The summed E-state index contributed by atoms with van der Waals surface area (Å²) in [6.45, 7) is 0.374. The molecule has 0 bridgehead atoms. The number of nitrogens with zero attached hydrogens (tertiary/aromatic N) is 1. The number of ketones is 1. The number of fused-ring (bicyclic) bond motifs is 2. The molecule has 1 unspecified atom stereocenters. The number of halogens is 2. The summed E-state index contributed by atoms with van der Waals surface area (Å²) < 4.78 is 10.6. The fraction of sp³-hybridized carbons (Fsp3) is 0.154. The molecule has 6 nitrogen and oxygen atoms in total. The molecular weight excluding hydrogens is 477 g/mol. The highest BCUT2D eigenvalue weighted by Crippen LogP contribution is 2.44. The van der Waals surface area contributed by atoms with Gasteiger partial charge in [-0.15, -0.1) is 0 Å². The highest BCUT2D eigenvalue weighted by Gasteiger charge is 2.50. The topological polar surface area (TPSA) is 76.1 Å². The van der Waals surface area contributed by atoms with Gasteiger partial charge < -0.3 is 19.5 Å². The lowest BCUT2D eigenvalue weighted by atomic mass is 9.89. The van der Waals surface area contributed by atoms with Crippen LogP contribution in [0.15, 0.2) is 66.7 Å². The molecule has 2 aliphatic rings. The second kappa shape index (κ2) is 8.80. The van der Waals surface area contributed by atoms with Crippen molar-refractivity contribution in [3.63, 3.8) is 0 Å². The predicted molar refractivity (Wildman–Crippen MR) is 129 cm³/mol. The number of carbonyl (C=O) groups excluding carboxylic acids is 2. The van der Waals surface area contributed by atoms with Gasteiger partial charge in [-0.25, -0.2) is 0 Å². The summed E-state index contributed by atoms with van der Waals surface area (Å²) in [7, 11) is 0. The minimum Gasteiger partial charge on any atom is -0.454 e. The average molecular weight is 496 g/mol. The Hall–Kier alpha value is -3.32. The SMILES string of the molecule is O=C(C=Cc1ccc2c(c1)OCO2)CC1(O)C(=O)N(Cc2ccc(Cl)cc2)c2ccc(Cl)cc21. The first-order chi connectivity index (χ1) is 16.3. The number of amides is 1. The molecular formula is C26H19Cl2NO5. The monoisotopic (exact) mass is 495 g/mol. The Balaban J connectivity index is 1.40. The molecule has 0 fully saturated rings. The number of hydrogen-bond acceptors (Lipinski definition) is 5. The molecule has 3 aromatic rings. The Labute approximate surface area is 205 Å². The summed E-state index contributed by atoms with van der Waals surface area (Å²) in [6, 6.07) is 17.2. The van der Waals surface area contributed by atoms with Crippen LogP contribution < -0.4 is 14.4 Å². The van der Waals surface area contributed by atoms with E-state index in [1.54, 1.807) is 48.5 Å². The van der Waals surface area contributed by atoms with Crippen molar-refractivity contribution in [1.29, 1.82) is 0 Å². The summed E-state index contributed by atoms with van der Waals surface area (Å²) in [5.41, 5.74) is 0.360. The van der Waals surface area contributed by atoms with Crippen LogP contribution in [0.25, 0.3) is 6.08 Å². The van der Waals surface area contributed by atoms with Crippen LogP contribution in [0, 0.1) is 0 Å². The summed E-state index contributed by atoms with van der Waals surface area (Å²) in [4.78, 5) is 27.7. The van der Waals surface area contributed by atoms with Crippen molar-refractivity contribution in [2.75, 3.05) is 11.7 Å². The van der Waals surface area contributed by atoms with Crippen LogP contribution in [0.4, 0.5) is 5.69 Å². The standard InChI is InChI=1S/C26H19Cl2NO5/c27-18-5-1-17(2-6-18)14-29-22-9-7-19(28)12-21(22)26(32,25(29)31)13-20(30)8-3-16-4-10-23-24(11-16)34-15-33-23/h1-12,32H,13-15H2. The van der Waals surface area contributed by atoms with Gasteiger partial charge in [-0.05, 0) is 59.7 Å². The van der Waals surface area contributed by atoms with Gasteiger partial charge in [-0.2, -0.15) is 0 Å². The van der Waals surface area contributed by atoms with Gasteiger partial charge in [0.05, 0.1) is 18.7 Å². The Morgan fingerprint density at radius 2 is 1.74 bits per heavy atom. The van der Waals surface area contributed by atoms with Gasteiger partial charge in [0, 0.05) is 15.6 Å². The third-order valence-electron chi connectivity index (χ3n) is 5.84. The molecule has 2 aliphatic heterocycles. The molecule has 1 amide bonds. The van der Waals surface area contributed by atoms with Gasteiger partial charge in [0.15, 0.2) is 22.9 Å². The Bertz CT molecular complexity index is 1320. The summed E-state index contributed by atoms with van der Waals surface area (Å²) in [5, 5.41) is 12.4. The van der Waals surface area contributed by atoms with E-state index in [1.807, 2.05) is 12.1 Å². The zero-order chi connectivity index (χ0) is 23.9. The third-order valence-corrected chi connectivity index (χ3v) is 6.32. The number of hydrogen-bond donors (Lipinski definition) is 1. The van der Waals surface area contributed by atoms with Gasteiger partial charge in [-0.3, -0.25) is 9.59 Å². The van der Waals surface area contributed by atoms with Gasteiger partial charge in [0.2, 0.25) is 6.79 Å². The molecule has 3 aromatic carbocycles. The fourth-order valence-corrected chi connectivity index (χ4v) is 4.44. The van der Waals surface area contributed by atoms with E-state index in [-0.39, 0.29) is 13.3 Å². The number of rotatable bonds is 6. The van der Waals surface area contributed by atoms with Crippen molar-refractivity contribution in [3.8, 4) is 11.5 Å². The molecule has 0 spiro atoms. The molecule has 34 heavy (non-hydrogen) atoms. The maximum Gasteiger partial charge on any atom is 0.264 e. The minimum atomic E-state index is -2.02. The highest BCUT2D eigenvalue weighted by atomic mass is 35.5. The van der Waals surface area contributed by atoms with Crippen molar-refractivity contribution in [1.82, 2.24) is 0 Å². The van der Waals surface area contributed by atoms with Crippen LogP contribution in [0.3, 0.4) is 0 Å². The molecule has 0 saturated carbocycles. The fourth-order valence-electron chi connectivity index (χ4n) is 4.14. The lowest BCUT2D eigenvalue weighted by Crippen LogP contribution is -2.41. The van der Waals surface area contributed by atoms with Gasteiger partial charge in [-0.1, -0.05) is 47.5 Å². The first kappa shape index (κ1) is 22.5. The second-order valence-electron chi connectivity index (χ2n) is 8.13. The van der Waals surface area contributed by atoms with E-state index in [9.17, 15) is 14.7 Å². The molecule has 8 heteroatoms. The zero-order valence-corrected chi connectivity index (χ0v) is 19.3. The van der Waals surface area contributed by atoms with Crippen LogP contribution in [0.1, 0.15) is 23.1 Å². The molecule has 0 saturated heterocycles. The number of ether oxygens (including phenoxy) is 2. The van der Waals surface area contributed by atoms with E-state index < -0.39 is 23.7 Å². The Kier molecular flexibility index (Phi) is 5.81. The lowest BCUT2D eigenvalue weighted by molar-refractivity contribution is -0.140. The highest BCUT2D eigenvalue weighted by molar-refractivity contribution is 6.31. The molecule has 0 radical (unpaired) electrons. The number of benzene rings is 3. The van der Waals surface area contributed by atoms with Crippen LogP contribution in [0.2, 0.25) is 10.0 Å². The van der Waals surface area contributed by atoms with E-state index in [0.717, 1.165) is 11.1 Å². The Morgan fingerprint density at radius 3 is 2.53 bits per heavy atom. The van der Waals surface area contributed by atoms with E-state index in [4.69, 9.17) is 32.7 Å². The van der Waals surface area contributed by atoms with E-state index >= 15 is 0 Å². The minimum absolute atomic E-state index is 0.158. The first-order valence-corrected chi connectivity index (χ1v) is 11.3. The van der Waals surface area contributed by atoms with E-state index in [1.165, 1.54) is 17.0 Å². The van der Waals surface area contributed by atoms with E-state index in [0.29, 0.717) is 32.8 Å². The summed E-state index contributed by atoms with van der Waals surface area (Å²) in [6.07, 6.45) is 2.53. The van der Waals surface area contributed by atoms with Crippen molar-refractivity contribution in [2.24, 2.45) is 0 Å². The molecule has 2 heterocycles. The van der Waals surface area contributed by atoms with Gasteiger partial charge in [0.25, 0.3) is 5.91 Å². The molecule has 5 rings (SSSR count). The zero-order valence-electron chi connectivity index (χ0n) is 17.8. The van der Waals surface area contributed by atoms with Crippen LogP contribution in [-0.4, -0.2) is 23.6 Å². The number of anilines is 1. The largest absolute Gasteiger partial charge is 0.454 e. The maximum atomic E-state index is 13.4. The molecule has 0 aromatic heterocycles. The van der Waals surface area contributed by atoms with Crippen molar-refractivity contribution in [3.05, 3.63) is 93.5 Å². The third kappa shape index (κ3) is 4.16. The second-order valence-corrected chi connectivity index (χ2v) is 9.00. The van der Waals surface area contributed by atoms with Gasteiger partial charge in [0.1, 0.15) is 0 Å². The predicted octanol–water partition coefficient (Wildman–Crippen LogP) is 5.13. The Morgan fingerprint density at radius 1 is 1.00 bits per heavy atom. The number of allylic oxidation sites excluding steroid dienone is 1. The molecule has 0 aliphatic carbocycles. The molecule has 172 valence electrons. The number of carbonyl (C=O) groups is 2. The number of aliphatic hydroxyl groups is 1. The quantitative estimate of drug-likeness (QED) is 0.479. The van der Waals surface area contributed by atoms with Crippen molar-refractivity contribution < 1.29 is 24.2 Å². The van der Waals surface area contributed by atoms with Crippen LogP contribution >= 0.6 is 23.2 Å². The van der Waals surface area contributed by atoms with Crippen LogP contribution in [-0.2, 0) is 21.7 Å². The van der Waals surface area contributed by atoms with Crippen molar-refractivity contribution >= 4 is 46.7 Å². The summed E-state index contributed by atoms with van der Waals surface area (Å²) in [5.74, 6) is 0.251. The lowest BCUT2D eigenvalue weighted by Gasteiger charge is -2.22. The molecule has 1 atom stereocenters. The van der Waals surface area contributed by atoms with Crippen LogP contribution in [0.5, 0.6) is 11.5 Å². The smallest absolute Gasteiger partial charge is 0.264 e. The first-order valence-electron chi connectivity index (χ1n) is 10.5.